The summed E-state index contributed by atoms with van der Waals surface area (Å²) in [5.41, 5.74) is 1.02. The average molecular weight is 349 g/mol. The van der Waals surface area contributed by atoms with E-state index in [9.17, 15) is 12.8 Å². The van der Waals surface area contributed by atoms with Crippen LogP contribution in [-0.2, 0) is 16.6 Å². The van der Waals surface area contributed by atoms with E-state index in [0.29, 0.717) is 16.3 Å². The Bertz CT molecular complexity index is 782. The number of rotatable bonds is 4. The largest absolute Gasteiger partial charge is 0.380 e. The highest BCUT2D eigenvalue weighted by atomic mass is 35.5. The van der Waals surface area contributed by atoms with Crippen molar-refractivity contribution in [1.29, 1.82) is 0 Å². The number of benzene rings is 2. The third-order valence-corrected chi connectivity index (χ3v) is 4.28. The summed E-state index contributed by atoms with van der Waals surface area (Å²) in [6.45, 7) is 0.252. The second-order valence-electron chi connectivity index (χ2n) is 4.29. The molecule has 0 atom stereocenters. The van der Waals surface area contributed by atoms with E-state index >= 15 is 0 Å². The number of nitrogens with one attached hydrogen (secondary N) is 1. The Morgan fingerprint density at radius 3 is 2.38 bits per heavy atom. The van der Waals surface area contributed by atoms with Gasteiger partial charge in [0.1, 0.15) is 5.82 Å². The Morgan fingerprint density at radius 2 is 1.76 bits per heavy atom. The van der Waals surface area contributed by atoms with Gasteiger partial charge in [-0.1, -0.05) is 29.3 Å². The molecular formula is C13H11Cl2FN2O2S. The molecule has 21 heavy (non-hydrogen) atoms. The number of primary sulfonamides is 1. The van der Waals surface area contributed by atoms with E-state index in [0.717, 1.165) is 0 Å². The molecule has 0 aliphatic heterocycles. The molecule has 2 rings (SSSR count). The van der Waals surface area contributed by atoms with Crippen LogP contribution in [0.5, 0.6) is 0 Å². The number of hydrogen-bond acceptors (Lipinski definition) is 3. The van der Waals surface area contributed by atoms with E-state index in [4.69, 9.17) is 28.3 Å². The minimum Gasteiger partial charge on any atom is -0.380 e. The van der Waals surface area contributed by atoms with E-state index < -0.39 is 15.8 Å². The standard InChI is InChI=1S/C13H11Cl2FN2O2S/c14-10-3-1-8(5-12(10)16)7-18-13-6-9(21(17,19)20)2-4-11(13)15/h1-6,18H,7H2,(H2,17,19,20). The summed E-state index contributed by atoms with van der Waals surface area (Å²) in [5.74, 6) is -0.527. The number of nitrogens with two attached hydrogens (primary N) is 1. The lowest BCUT2D eigenvalue weighted by molar-refractivity contribution is 0.598. The highest BCUT2D eigenvalue weighted by Gasteiger charge is 2.11. The lowest BCUT2D eigenvalue weighted by Gasteiger charge is -2.10. The summed E-state index contributed by atoms with van der Waals surface area (Å²) < 4.78 is 35.9. The highest BCUT2D eigenvalue weighted by molar-refractivity contribution is 7.89. The molecule has 0 spiro atoms. The summed E-state index contributed by atoms with van der Waals surface area (Å²) >= 11 is 11.6. The fourth-order valence-corrected chi connectivity index (χ4v) is 2.51. The van der Waals surface area contributed by atoms with Crippen molar-refractivity contribution >= 4 is 38.9 Å². The average Bonchev–Trinajstić information content (AvgIpc) is 2.40. The fourth-order valence-electron chi connectivity index (χ4n) is 1.66. The van der Waals surface area contributed by atoms with E-state index in [2.05, 4.69) is 5.32 Å². The molecule has 4 nitrogen and oxygen atoms in total. The Kier molecular flexibility index (Phi) is 4.73. The van der Waals surface area contributed by atoms with Gasteiger partial charge in [0, 0.05) is 6.54 Å². The van der Waals surface area contributed by atoms with Crippen molar-refractivity contribution in [2.24, 2.45) is 5.14 Å². The van der Waals surface area contributed by atoms with Crippen LogP contribution in [-0.4, -0.2) is 8.42 Å². The molecular weight excluding hydrogens is 338 g/mol. The lowest BCUT2D eigenvalue weighted by Crippen LogP contribution is -2.12. The first kappa shape index (κ1) is 16.0. The fraction of sp³-hybridized carbons (Fsp3) is 0.0769. The van der Waals surface area contributed by atoms with Crippen LogP contribution in [0.2, 0.25) is 10.0 Å². The van der Waals surface area contributed by atoms with Crippen LogP contribution in [0.3, 0.4) is 0 Å². The van der Waals surface area contributed by atoms with Crippen molar-refractivity contribution in [3.8, 4) is 0 Å². The van der Waals surface area contributed by atoms with Crippen molar-refractivity contribution < 1.29 is 12.8 Å². The topological polar surface area (TPSA) is 72.2 Å². The molecule has 2 aromatic carbocycles. The molecule has 0 saturated carbocycles. The summed E-state index contributed by atoms with van der Waals surface area (Å²) in [6, 6.07) is 8.43. The predicted octanol–water partition coefficient (Wildman–Crippen LogP) is 3.39. The number of halogens is 3. The summed E-state index contributed by atoms with van der Waals surface area (Å²) in [4.78, 5) is -0.0586. The van der Waals surface area contributed by atoms with Crippen LogP contribution in [0.1, 0.15) is 5.56 Å². The zero-order valence-electron chi connectivity index (χ0n) is 10.6. The van der Waals surface area contributed by atoms with Crippen molar-refractivity contribution in [2.75, 3.05) is 5.32 Å². The third-order valence-electron chi connectivity index (χ3n) is 2.73. The van der Waals surface area contributed by atoms with Crippen molar-refractivity contribution in [3.63, 3.8) is 0 Å². The normalized spacial score (nSPS) is 11.4. The Hall–Kier alpha value is -1.34. The van der Waals surface area contributed by atoms with E-state index in [1.165, 1.54) is 30.3 Å². The first-order valence-electron chi connectivity index (χ1n) is 5.77. The van der Waals surface area contributed by atoms with Crippen molar-refractivity contribution in [3.05, 3.63) is 57.8 Å². The second kappa shape index (κ2) is 6.19. The van der Waals surface area contributed by atoms with Gasteiger partial charge in [-0.25, -0.2) is 17.9 Å². The maximum Gasteiger partial charge on any atom is 0.238 e. The molecule has 112 valence electrons. The second-order valence-corrected chi connectivity index (χ2v) is 6.66. The molecule has 0 aromatic heterocycles. The minimum atomic E-state index is -3.81. The minimum absolute atomic E-state index is 0.0352. The van der Waals surface area contributed by atoms with E-state index in [1.807, 2.05) is 0 Å². The summed E-state index contributed by atoms with van der Waals surface area (Å²) in [5, 5.41) is 8.35. The van der Waals surface area contributed by atoms with Crippen LogP contribution >= 0.6 is 23.2 Å². The molecule has 3 N–H and O–H groups in total. The molecule has 0 amide bonds. The van der Waals surface area contributed by atoms with Crippen LogP contribution in [0, 0.1) is 5.82 Å². The number of hydrogen-bond donors (Lipinski definition) is 2. The van der Waals surface area contributed by atoms with E-state index in [-0.39, 0.29) is 16.5 Å². The zero-order chi connectivity index (χ0) is 15.6. The predicted molar refractivity (Wildman–Crippen MR) is 81.6 cm³/mol. The summed E-state index contributed by atoms with van der Waals surface area (Å²) in [7, 11) is -3.81. The number of anilines is 1. The van der Waals surface area contributed by atoms with Crippen LogP contribution in [0.4, 0.5) is 10.1 Å². The molecule has 0 heterocycles. The SMILES string of the molecule is NS(=O)(=O)c1ccc(Cl)c(NCc2ccc(Cl)c(F)c2)c1. The van der Waals surface area contributed by atoms with Crippen molar-refractivity contribution in [2.45, 2.75) is 11.4 Å². The molecule has 8 heteroatoms. The van der Waals surface area contributed by atoms with Crippen LogP contribution in [0.15, 0.2) is 41.3 Å². The molecule has 0 bridgehead atoms. The Morgan fingerprint density at radius 1 is 1.10 bits per heavy atom. The molecule has 0 fully saturated rings. The quantitative estimate of drug-likeness (QED) is 0.889. The molecule has 2 aromatic rings. The first-order chi connectivity index (χ1) is 9.77. The van der Waals surface area contributed by atoms with Gasteiger partial charge in [-0.3, -0.25) is 0 Å². The molecule has 0 saturated heterocycles. The molecule has 0 aliphatic carbocycles. The smallest absolute Gasteiger partial charge is 0.238 e. The summed E-state index contributed by atoms with van der Waals surface area (Å²) in [6.07, 6.45) is 0. The zero-order valence-corrected chi connectivity index (χ0v) is 12.9. The van der Waals surface area contributed by atoms with Gasteiger partial charge in [-0.2, -0.15) is 0 Å². The Balaban J connectivity index is 2.21. The maximum atomic E-state index is 13.3. The highest BCUT2D eigenvalue weighted by Crippen LogP contribution is 2.25. The third kappa shape index (κ3) is 4.07. The van der Waals surface area contributed by atoms with Gasteiger partial charge >= 0.3 is 0 Å². The van der Waals surface area contributed by atoms with Gasteiger partial charge in [-0.05, 0) is 35.9 Å². The van der Waals surface area contributed by atoms with Gasteiger partial charge in [0.25, 0.3) is 0 Å². The molecule has 0 aliphatic rings. The molecule has 0 unspecified atom stereocenters. The van der Waals surface area contributed by atoms with Gasteiger partial charge in [0.05, 0.1) is 20.6 Å². The van der Waals surface area contributed by atoms with Gasteiger partial charge in [0.2, 0.25) is 10.0 Å². The van der Waals surface area contributed by atoms with Crippen molar-refractivity contribution in [1.82, 2.24) is 0 Å². The van der Waals surface area contributed by atoms with Crippen LogP contribution in [0.25, 0.3) is 0 Å². The van der Waals surface area contributed by atoms with Crippen LogP contribution < -0.4 is 10.5 Å². The van der Waals surface area contributed by atoms with Gasteiger partial charge < -0.3 is 5.32 Å². The monoisotopic (exact) mass is 348 g/mol. The van der Waals surface area contributed by atoms with E-state index in [1.54, 1.807) is 6.07 Å². The maximum absolute atomic E-state index is 13.3. The first-order valence-corrected chi connectivity index (χ1v) is 8.08. The molecule has 0 radical (unpaired) electrons. The van der Waals surface area contributed by atoms with Gasteiger partial charge in [-0.15, -0.1) is 0 Å². The number of sulfonamides is 1. The van der Waals surface area contributed by atoms with Gasteiger partial charge in [0.15, 0.2) is 0 Å². The lowest BCUT2D eigenvalue weighted by atomic mass is 10.2. The Labute approximate surface area is 131 Å².